The third-order valence-corrected chi connectivity index (χ3v) is 5.07. The lowest BCUT2D eigenvalue weighted by Crippen LogP contribution is -2.21. The summed E-state index contributed by atoms with van der Waals surface area (Å²) in [6.07, 6.45) is 2.74. The minimum atomic E-state index is -3.34. The topological polar surface area (TPSA) is 89.3 Å². The van der Waals surface area contributed by atoms with Gasteiger partial charge in [0, 0.05) is 35.1 Å². The van der Waals surface area contributed by atoms with Crippen molar-refractivity contribution >= 4 is 32.0 Å². The molecule has 0 heterocycles. The zero-order valence-corrected chi connectivity index (χ0v) is 12.3. The maximum atomic E-state index is 11.5. The fourth-order valence-electron chi connectivity index (χ4n) is 1.39. The molecule has 0 saturated carbocycles. The number of anilines is 2. The van der Waals surface area contributed by atoms with E-state index in [0.29, 0.717) is 12.2 Å². The Morgan fingerprint density at radius 2 is 2.06 bits per heavy atom. The molecule has 18 heavy (non-hydrogen) atoms. The molecule has 0 aliphatic rings. The minimum Gasteiger partial charge on any atom is -0.396 e. The zero-order chi connectivity index (χ0) is 13.9. The average Bonchev–Trinajstić information content (AvgIpc) is 2.25. The van der Waals surface area contributed by atoms with Crippen LogP contribution in [0, 0.1) is 0 Å². The normalized spacial score (nSPS) is 15.1. The molecule has 0 bridgehead atoms. The third kappa shape index (κ3) is 3.71. The van der Waals surface area contributed by atoms with Gasteiger partial charge in [-0.15, -0.1) is 0 Å². The van der Waals surface area contributed by atoms with Gasteiger partial charge in [-0.3, -0.25) is 4.21 Å². The van der Waals surface area contributed by atoms with Crippen molar-refractivity contribution in [2.45, 2.75) is 17.1 Å². The van der Waals surface area contributed by atoms with Crippen molar-refractivity contribution in [2.75, 3.05) is 30.1 Å². The van der Waals surface area contributed by atoms with Crippen molar-refractivity contribution in [3.8, 4) is 0 Å². The summed E-state index contributed by atoms with van der Waals surface area (Å²) in [7, 11) is -4.27. The number of rotatable bonds is 5. The first-order valence-electron chi connectivity index (χ1n) is 5.38. The van der Waals surface area contributed by atoms with Gasteiger partial charge in [0.25, 0.3) is 0 Å². The van der Waals surface area contributed by atoms with Gasteiger partial charge in [0.15, 0.2) is 9.84 Å². The van der Waals surface area contributed by atoms with Crippen molar-refractivity contribution in [1.82, 2.24) is 0 Å². The predicted octanol–water partition coefficient (Wildman–Crippen LogP) is 0.851. The summed E-state index contributed by atoms with van der Waals surface area (Å²) in [5.74, 6) is 0. The largest absolute Gasteiger partial charge is 0.396 e. The molecule has 2 atom stereocenters. The number of para-hydroxylation sites is 1. The van der Waals surface area contributed by atoms with Gasteiger partial charge in [-0.05, 0) is 19.1 Å². The number of sulfone groups is 1. The molecule has 3 N–H and O–H groups in total. The van der Waals surface area contributed by atoms with Gasteiger partial charge >= 0.3 is 0 Å². The summed E-state index contributed by atoms with van der Waals surface area (Å²) >= 11 is 0. The van der Waals surface area contributed by atoms with E-state index < -0.39 is 20.6 Å². The molecule has 0 aliphatic carbocycles. The number of hydrogen-bond donors (Lipinski definition) is 2. The first-order valence-corrected chi connectivity index (χ1v) is 8.89. The van der Waals surface area contributed by atoms with E-state index in [1.807, 2.05) is 6.92 Å². The molecule has 0 amide bonds. The number of nitrogens with one attached hydrogen (secondary N) is 1. The summed E-state index contributed by atoms with van der Waals surface area (Å²) in [4.78, 5) is 0.109. The van der Waals surface area contributed by atoms with Crippen LogP contribution >= 0.6 is 0 Å². The molecule has 0 spiro atoms. The van der Waals surface area contributed by atoms with E-state index in [1.54, 1.807) is 18.4 Å². The second kappa shape index (κ2) is 5.71. The first-order chi connectivity index (χ1) is 8.23. The quantitative estimate of drug-likeness (QED) is 0.785. The van der Waals surface area contributed by atoms with Gasteiger partial charge in [-0.25, -0.2) is 8.42 Å². The van der Waals surface area contributed by atoms with Crippen LogP contribution in [0.2, 0.25) is 0 Å². The van der Waals surface area contributed by atoms with E-state index in [9.17, 15) is 12.6 Å². The highest BCUT2D eigenvalue weighted by Gasteiger charge is 2.14. The first kappa shape index (κ1) is 15.0. The number of benzene rings is 1. The van der Waals surface area contributed by atoms with Gasteiger partial charge in [0.2, 0.25) is 0 Å². The molecule has 0 saturated heterocycles. The van der Waals surface area contributed by atoms with Crippen molar-refractivity contribution < 1.29 is 12.6 Å². The fourth-order valence-corrected chi connectivity index (χ4v) is 2.55. The minimum absolute atomic E-state index is 0.0358. The average molecular weight is 290 g/mol. The molecule has 1 aromatic carbocycles. The standard InChI is InChI=1S/C11H18N2O3S2/c1-8(17(2)14)7-13-9-5-4-6-10(11(9)12)18(3,15)16/h4-6,8,13H,7,12H2,1-3H3. The maximum Gasteiger partial charge on any atom is 0.177 e. The van der Waals surface area contributed by atoms with E-state index in [0.717, 1.165) is 6.26 Å². The molecule has 0 aromatic heterocycles. The number of nitrogens with two attached hydrogens (primary N) is 1. The van der Waals surface area contributed by atoms with Crippen molar-refractivity contribution in [1.29, 1.82) is 0 Å². The lowest BCUT2D eigenvalue weighted by molar-refractivity contribution is 0.602. The Labute approximate surface area is 110 Å². The Balaban J connectivity index is 2.95. The Bertz CT molecular complexity index is 555. The predicted molar refractivity (Wildman–Crippen MR) is 76.0 cm³/mol. The van der Waals surface area contributed by atoms with Gasteiger partial charge in [0.1, 0.15) is 0 Å². The van der Waals surface area contributed by atoms with Gasteiger partial charge in [-0.2, -0.15) is 0 Å². The Hall–Kier alpha value is -1.08. The number of hydrogen-bond acceptors (Lipinski definition) is 5. The van der Waals surface area contributed by atoms with E-state index in [2.05, 4.69) is 5.32 Å². The molecule has 1 aromatic rings. The number of nitrogen functional groups attached to an aromatic ring is 1. The van der Waals surface area contributed by atoms with Gasteiger partial charge in [-0.1, -0.05) is 6.07 Å². The monoisotopic (exact) mass is 290 g/mol. The van der Waals surface area contributed by atoms with Crippen LogP contribution in [-0.2, 0) is 20.6 Å². The van der Waals surface area contributed by atoms with Crippen LogP contribution in [0.5, 0.6) is 0 Å². The van der Waals surface area contributed by atoms with Gasteiger partial charge in [0.05, 0.1) is 16.3 Å². The van der Waals surface area contributed by atoms with Crippen LogP contribution in [0.25, 0.3) is 0 Å². The second-order valence-electron chi connectivity index (χ2n) is 4.18. The molecule has 2 unspecified atom stereocenters. The summed E-state index contributed by atoms with van der Waals surface area (Å²) < 4.78 is 34.2. The highest BCUT2D eigenvalue weighted by molar-refractivity contribution is 7.90. The lowest BCUT2D eigenvalue weighted by atomic mass is 10.2. The SMILES string of the molecule is CC(CNc1cccc(S(C)(=O)=O)c1N)S(C)=O. The van der Waals surface area contributed by atoms with Crippen molar-refractivity contribution in [3.63, 3.8) is 0 Å². The van der Waals surface area contributed by atoms with Crippen LogP contribution in [0.1, 0.15) is 6.92 Å². The van der Waals surface area contributed by atoms with E-state index in [-0.39, 0.29) is 15.8 Å². The highest BCUT2D eigenvalue weighted by atomic mass is 32.2. The van der Waals surface area contributed by atoms with Crippen LogP contribution < -0.4 is 11.1 Å². The van der Waals surface area contributed by atoms with Gasteiger partial charge < -0.3 is 11.1 Å². The molecule has 7 heteroatoms. The maximum absolute atomic E-state index is 11.5. The molecule has 1 rings (SSSR count). The summed E-state index contributed by atoms with van der Waals surface area (Å²) in [6, 6.07) is 4.80. The van der Waals surface area contributed by atoms with Crippen LogP contribution in [0.3, 0.4) is 0 Å². The highest BCUT2D eigenvalue weighted by Crippen LogP contribution is 2.26. The molecule has 0 fully saturated rings. The summed E-state index contributed by atoms with van der Waals surface area (Å²) in [6.45, 7) is 2.32. The molecule has 0 aliphatic heterocycles. The molecular formula is C11H18N2O3S2. The summed E-state index contributed by atoms with van der Waals surface area (Å²) in [5, 5.41) is 2.99. The van der Waals surface area contributed by atoms with Crippen LogP contribution in [0.4, 0.5) is 11.4 Å². The summed E-state index contributed by atoms with van der Waals surface area (Å²) in [5.41, 5.74) is 6.57. The van der Waals surface area contributed by atoms with Crippen molar-refractivity contribution in [2.24, 2.45) is 0 Å². The molecule has 102 valence electrons. The third-order valence-electron chi connectivity index (χ3n) is 2.61. The smallest absolute Gasteiger partial charge is 0.177 e. The fraction of sp³-hybridized carbons (Fsp3) is 0.455. The van der Waals surface area contributed by atoms with Crippen LogP contribution in [0.15, 0.2) is 23.1 Å². The Kier molecular flexibility index (Phi) is 4.75. The van der Waals surface area contributed by atoms with E-state index in [4.69, 9.17) is 5.73 Å². The van der Waals surface area contributed by atoms with E-state index in [1.165, 1.54) is 6.07 Å². The second-order valence-corrected chi connectivity index (χ2v) is 7.97. The Morgan fingerprint density at radius 1 is 1.44 bits per heavy atom. The molecule has 5 nitrogen and oxygen atoms in total. The zero-order valence-electron chi connectivity index (χ0n) is 10.6. The van der Waals surface area contributed by atoms with E-state index >= 15 is 0 Å². The van der Waals surface area contributed by atoms with Crippen LogP contribution in [-0.4, -0.2) is 36.9 Å². The Morgan fingerprint density at radius 3 is 2.56 bits per heavy atom. The molecule has 0 radical (unpaired) electrons. The van der Waals surface area contributed by atoms with Crippen molar-refractivity contribution in [3.05, 3.63) is 18.2 Å². The lowest BCUT2D eigenvalue weighted by Gasteiger charge is -2.14. The molecular weight excluding hydrogens is 272 g/mol.